The fourth-order valence-corrected chi connectivity index (χ4v) is 2.75. The number of carbonyl (C=O) groups excluding carboxylic acids is 1. The first-order valence-electron chi connectivity index (χ1n) is 7.67. The average Bonchev–Trinajstić information content (AvgIpc) is 3.18. The van der Waals surface area contributed by atoms with Gasteiger partial charge in [0.25, 0.3) is 0 Å². The van der Waals surface area contributed by atoms with Crippen LogP contribution in [0.15, 0.2) is 42.7 Å². The van der Waals surface area contributed by atoms with Crippen molar-refractivity contribution in [3.05, 3.63) is 48.3 Å². The van der Waals surface area contributed by atoms with Crippen LogP contribution in [0.3, 0.4) is 0 Å². The maximum absolute atomic E-state index is 12.2. The van der Waals surface area contributed by atoms with Crippen molar-refractivity contribution in [3.63, 3.8) is 0 Å². The second-order valence-electron chi connectivity index (χ2n) is 5.83. The van der Waals surface area contributed by atoms with Crippen LogP contribution in [0.4, 0.5) is 0 Å². The number of nitrogens with zero attached hydrogens (tertiary/aromatic N) is 2. The molecule has 2 heterocycles. The van der Waals surface area contributed by atoms with Crippen LogP contribution in [-0.4, -0.2) is 28.4 Å². The minimum absolute atomic E-state index is 0.0198. The molecule has 1 fully saturated rings. The summed E-state index contributed by atoms with van der Waals surface area (Å²) in [4.78, 5) is 12.2. The fraction of sp³-hybridized carbons (Fsp3) is 0.412. The number of benzene rings is 1. The molecule has 0 spiro atoms. The first kappa shape index (κ1) is 14.8. The number of ether oxygens (including phenoxy) is 1. The van der Waals surface area contributed by atoms with E-state index in [-0.39, 0.29) is 24.0 Å². The molecular weight excluding hydrogens is 278 g/mol. The molecule has 5 nitrogen and oxygen atoms in total. The number of amides is 1. The topological polar surface area (TPSA) is 56.1 Å². The maximum Gasteiger partial charge on any atom is 0.249 e. The second kappa shape index (κ2) is 6.32. The number of nitrogens with one attached hydrogen (secondary N) is 1. The van der Waals surface area contributed by atoms with E-state index in [4.69, 9.17) is 4.74 Å². The van der Waals surface area contributed by atoms with Crippen molar-refractivity contribution in [2.45, 2.75) is 32.4 Å². The largest absolute Gasteiger partial charge is 0.368 e. The fourth-order valence-electron chi connectivity index (χ4n) is 2.75. The second-order valence-corrected chi connectivity index (χ2v) is 5.83. The van der Waals surface area contributed by atoms with Crippen LogP contribution in [-0.2, 0) is 9.53 Å². The highest BCUT2D eigenvalue weighted by Gasteiger charge is 2.31. The Balaban J connectivity index is 1.65. The van der Waals surface area contributed by atoms with Gasteiger partial charge in [0.2, 0.25) is 5.91 Å². The molecule has 0 aliphatic carbocycles. The van der Waals surface area contributed by atoms with Crippen LogP contribution in [0, 0.1) is 5.92 Å². The van der Waals surface area contributed by atoms with Crippen LogP contribution in [0.5, 0.6) is 0 Å². The smallest absolute Gasteiger partial charge is 0.249 e. The molecule has 22 heavy (non-hydrogen) atoms. The van der Waals surface area contributed by atoms with E-state index in [0.717, 1.165) is 17.7 Å². The zero-order valence-corrected chi connectivity index (χ0v) is 12.9. The Morgan fingerprint density at radius 1 is 1.41 bits per heavy atom. The minimum Gasteiger partial charge on any atom is -0.368 e. The van der Waals surface area contributed by atoms with Crippen molar-refractivity contribution < 1.29 is 9.53 Å². The molecule has 5 heteroatoms. The number of carbonyl (C=O) groups is 1. The Hall–Kier alpha value is -2.14. The third-order valence-corrected chi connectivity index (χ3v) is 4.17. The molecule has 1 aliphatic rings. The summed E-state index contributed by atoms with van der Waals surface area (Å²) in [6, 6.07) is 9.87. The Kier molecular flexibility index (Phi) is 4.24. The van der Waals surface area contributed by atoms with Gasteiger partial charge in [0.15, 0.2) is 0 Å². The van der Waals surface area contributed by atoms with E-state index in [1.807, 2.05) is 43.5 Å². The predicted octanol–water partition coefficient (Wildman–Crippen LogP) is 2.47. The molecule has 1 amide bonds. The van der Waals surface area contributed by atoms with Gasteiger partial charge >= 0.3 is 0 Å². The van der Waals surface area contributed by atoms with Gasteiger partial charge in [-0.3, -0.25) is 4.79 Å². The minimum atomic E-state index is -0.314. The van der Waals surface area contributed by atoms with Crippen LogP contribution in [0.1, 0.15) is 31.9 Å². The van der Waals surface area contributed by atoms with Gasteiger partial charge in [-0.15, -0.1) is 0 Å². The lowest BCUT2D eigenvalue weighted by Gasteiger charge is -2.19. The molecule has 2 aromatic rings. The maximum atomic E-state index is 12.2. The summed E-state index contributed by atoms with van der Waals surface area (Å²) in [5, 5.41) is 7.24. The van der Waals surface area contributed by atoms with Gasteiger partial charge in [-0.2, -0.15) is 5.10 Å². The summed E-state index contributed by atoms with van der Waals surface area (Å²) in [7, 11) is 0. The van der Waals surface area contributed by atoms with E-state index in [0.29, 0.717) is 6.61 Å². The molecule has 1 saturated heterocycles. The van der Waals surface area contributed by atoms with E-state index < -0.39 is 0 Å². The summed E-state index contributed by atoms with van der Waals surface area (Å²) in [6.07, 6.45) is 4.29. The molecule has 1 aliphatic heterocycles. The van der Waals surface area contributed by atoms with Gasteiger partial charge in [-0.1, -0.05) is 19.1 Å². The summed E-state index contributed by atoms with van der Waals surface area (Å²) < 4.78 is 7.31. The molecule has 0 radical (unpaired) electrons. The third kappa shape index (κ3) is 3.04. The van der Waals surface area contributed by atoms with Gasteiger partial charge in [-0.25, -0.2) is 4.68 Å². The predicted molar refractivity (Wildman–Crippen MR) is 83.6 cm³/mol. The lowest BCUT2D eigenvalue weighted by atomic mass is 10.0. The van der Waals surface area contributed by atoms with Crippen LogP contribution in [0.2, 0.25) is 0 Å². The molecular formula is C17H21N3O2. The van der Waals surface area contributed by atoms with Crippen molar-refractivity contribution in [2.24, 2.45) is 5.92 Å². The SMILES string of the molecule is C[C@H](NC(=O)[C@@H]1OCC[C@H]1C)c1ccc(-n2cccn2)cc1. The van der Waals surface area contributed by atoms with Gasteiger partial charge in [0.1, 0.15) is 6.10 Å². The first-order chi connectivity index (χ1) is 10.6. The van der Waals surface area contributed by atoms with E-state index in [9.17, 15) is 4.79 Å². The summed E-state index contributed by atoms with van der Waals surface area (Å²) in [6.45, 7) is 4.72. The summed E-state index contributed by atoms with van der Waals surface area (Å²) >= 11 is 0. The zero-order valence-electron chi connectivity index (χ0n) is 12.9. The lowest BCUT2D eigenvalue weighted by Crippen LogP contribution is -2.38. The zero-order chi connectivity index (χ0) is 15.5. The average molecular weight is 299 g/mol. The highest BCUT2D eigenvalue weighted by molar-refractivity contribution is 5.81. The van der Waals surface area contributed by atoms with Gasteiger partial charge in [0, 0.05) is 19.0 Å². The van der Waals surface area contributed by atoms with Crippen molar-refractivity contribution in [2.75, 3.05) is 6.61 Å². The van der Waals surface area contributed by atoms with Gasteiger partial charge in [-0.05, 0) is 43.0 Å². The van der Waals surface area contributed by atoms with E-state index in [1.54, 1.807) is 10.9 Å². The van der Waals surface area contributed by atoms with E-state index in [2.05, 4.69) is 17.3 Å². The molecule has 0 saturated carbocycles. The van der Waals surface area contributed by atoms with Crippen molar-refractivity contribution in [3.8, 4) is 5.69 Å². The molecule has 0 unspecified atom stereocenters. The van der Waals surface area contributed by atoms with Crippen LogP contribution in [0.25, 0.3) is 5.69 Å². The van der Waals surface area contributed by atoms with E-state index >= 15 is 0 Å². The lowest BCUT2D eigenvalue weighted by molar-refractivity contribution is -0.132. The first-order valence-corrected chi connectivity index (χ1v) is 7.67. The molecule has 0 bridgehead atoms. The van der Waals surface area contributed by atoms with Gasteiger partial charge in [0.05, 0.1) is 11.7 Å². The number of hydrogen-bond donors (Lipinski definition) is 1. The Bertz CT molecular complexity index is 622. The van der Waals surface area contributed by atoms with E-state index in [1.165, 1.54) is 0 Å². The third-order valence-electron chi connectivity index (χ3n) is 4.17. The Morgan fingerprint density at radius 3 is 2.77 bits per heavy atom. The quantitative estimate of drug-likeness (QED) is 0.943. The summed E-state index contributed by atoms with van der Waals surface area (Å²) in [5.74, 6) is 0.267. The number of hydrogen-bond acceptors (Lipinski definition) is 3. The van der Waals surface area contributed by atoms with Crippen molar-refractivity contribution in [1.29, 1.82) is 0 Å². The number of aromatic nitrogens is 2. The molecule has 3 atom stereocenters. The molecule has 1 N–H and O–H groups in total. The Morgan fingerprint density at radius 2 is 2.18 bits per heavy atom. The van der Waals surface area contributed by atoms with Crippen LogP contribution >= 0.6 is 0 Å². The van der Waals surface area contributed by atoms with Crippen molar-refractivity contribution >= 4 is 5.91 Å². The highest BCUT2D eigenvalue weighted by Crippen LogP contribution is 2.22. The Labute approximate surface area is 130 Å². The summed E-state index contributed by atoms with van der Waals surface area (Å²) in [5.41, 5.74) is 2.06. The molecule has 1 aromatic heterocycles. The standard InChI is InChI=1S/C17H21N3O2/c1-12-8-11-22-16(12)17(21)19-13(2)14-4-6-15(7-5-14)20-10-3-9-18-20/h3-7,9-10,12-13,16H,8,11H2,1-2H3,(H,19,21)/t12-,13+,16-/m1/s1. The monoisotopic (exact) mass is 299 g/mol. The normalized spacial score (nSPS) is 22.5. The van der Waals surface area contributed by atoms with Gasteiger partial charge < -0.3 is 10.1 Å². The number of rotatable bonds is 4. The van der Waals surface area contributed by atoms with Crippen LogP contribution < -0.4 is 5.32 Å². The molecule has 116 valence electrons. The highest BCUT2D eigenvalue weighted by atomic mass is 16.5. The molecule has 1 aromatic carbocycles. The molecule has 3 rings (SSSR count). The van der Waals surface area contributed by atoms with Crippen molar-refractivity contribution in [1.82, 2.24) is 15.1 Å².